The molecule has 0 saturated carbocycles. The van der Waals surface area contributed by atoms with Gasteiger partial charge in [-0.1, -0.05) is 27.7 Å². The molecule has 0 saturated heterocycles. The predicted molar refractivity (Wildman–Crippen MR) is 116 cm³/mol. The summed E-state index contributed by atoms with van der Waals surface area (Å²) in [6.45, 7) is 16.8. The average Bonchev–Trinajstić information content (AvgIpc) is 2.59. The summed E-state index contributed by atoms with van der Waals surface area (Å²) in [6, 6.07) is 0. The Labute approximate surface area is 163 Å². The number of rotatable bonds is 10. The lowest BCUT2D eigenvalue weighted by Crippen LogP contribution is -2.39. The van der Waals surface area contributed by atoms with Crippen LogP contribution in [0.2, 0.25) is 0 Å². The molecule has 144 valence electrons. The van der Waals surface area contributed by atoms with Gasteiger partial charge in [-0.2, -0.15) is 10.2 Å². The molecule has 25 heavy (non-hydrogen) atoms. The molecule has 0 unspecified atom stereocenters. The zero-order chi connectivity index (χ0) is 19.2. The maximum absolute atomic E-state index is 5.21. The predicted octanol–water partition coefficient (Wildman–Crippen LogP) is 1.66. The zero-order valence-corrected chi connectivity index (χ0v) is 17.9. The molecule has 0 aliphatic heterocycles. The van der Waals surface area contributed by atoms with Gasteiger partial charge in [0.2, 0.25) is 0 Å². The molecular formula is C16H33N7S2. The molecule has 0 spiro atoms. The molecule has 0 fully saturated rings. The van der Waals surface area contributed by atoms with Crippen LogP contribution in [0, 0.1) is 5.92 Å². The van der Waals surface area contributed by atoms with E-state index in [1.54, 1.807) is 0 Å². The molecule has 0 amide bonds. The molecule has 0 aromatic carbocycles. The quantitative estimate of drug-likeness (QED) is 0.258. The third-order valence-corrected chi connectivity index (χ3v) is 3.92. The molecule has 0 aliphatic carbocycles. The number of nitrogens with one attached hydrogen (secondary N) is 4. The summed E-state index contributed by atoms with van der Waals surface area (Å²) in [5.41, 5.74) is 7.10. The molecule has 0 aromatic rings. The van der Waals surface area contributed by atoms with Gasteiger partial charge in [0.15, 0.2) is 10.2 Å². The van der Waals surface area contributed by atoms with Crippen molar-refractivity contribution >= 4 is 46.1 Å². The van der Waals surface area contributed by atoms with Crippen molar-refractivity contribution in [3.05, 3.63) is 0 Å². The second-order valence-corrected chi connectivity index (χ2v) is 6.82. The summed E-state index contributed by atoms with van der Waals surface area (Å²) in [5.74, 6) is 0.521. The smallest absolute Gasteiger partial charge is 0.187 e. The molecule has 0 rings (SSSR count). The van der Waals surface area contributed by atoms with Crippen LogP contribution in [0.4, 0.5) is 0 Å². The summed E-state index contributed by atoms with van der Waals surface area (Å²) in [4.78, 5) is 2.32. The van der Waals surface area contributed by atoms with Crippen LogP contribution in [-0.4, -0.2) is 59.3 Å². The Morgan fingerprint density at radius 3 is 1.84 bits per heavy atom. The SMILES string of the molecule is CCN(CC)CCNC(=S)NN=C(C)C(C)=NNC(=S)NCC(C)C. The highest BCUT2D eigenvalue weighted by atomic mass is 32.1. The van der Waals surface area contributed by atoms with E-state index in [2.05, 4.69) is 64.3 Å². The molecule has 4 N–H and O–H groups in total. The van der Waals surface area contributed by atoms with E-state index in [-0.39, 0.29) is 0 Å². The van der Waals surface area contributed by atoms with Crippen LogP contribution in [-0.2, 0) is 0 Å². The van der Waals surface area contributed by atoms with Crippen LogP contribution in [0.15, 0.2) is 10.2 Å². The standard InChI is InChI=1S/C16H33N7S2/c1-7-23(8-2)10-9-17-15(24)21-19-13(5)14(6)20-22-16(25)18-11-12(3)4/h12H,7-11H2,1-6H3,(H2,17,21,24)(H2,18,22,25). The third kappa shape index (κ3) is 12.7. The van der Waals surface area contributed by atoms with Crippen molar-refractivity contribution in [2.24, 2.45) is 16.1 Å². The zero-order valence-electron chi connectivity index (χ0n) is 16.3. The lowest BCUT2D eigenvalue weighted by atomic mass is 10.2. The lowest BCUT2D eigenvalue weighted by Gasteiger charge is -2.18. The molecule has 0 radical (unpaired) electrons. The fourth-order valence-electron chi connectivity index (χ4n) is 1.67. The first-order valence-electron chi connectivity index (χ1n) is 8.69. The number of hydrazone groups is 2. The molecule has 0 aliphatic rings. The Balaban J connectivity index is 4.21. The number of likely N-dealkylation sites (N-methyl/N-ethyl adjacent to an activating group) is 1. The van der Waals surface area contributed by atoms with Crippen molar-refractivity contribution in [2.75, 3.05) is 32.7 Å². The fourth-order valence-corrected chi connectivity index (χ4v) is 1.95. The average molecular weight is 388 g/mol. The van der Waals surface area contributed by atoms with E-state index in [9.17, 15) is 0 Å². The van der Waals surface area contributed by atoms with Gasteiger partial charge in [-0.05, 0) is 57.3 Å². The van der Waals surface area contributed by atoms with Gasteiger partial charge in [-0.15, -0.1) is 0 Å². The first-order valence-corrected chi connectivity index (χ1v) is 9.50. The van der Waals surface area contributed by atoms with E-state index in [4.69, 9.17) is 24.4 Å². The fraction of sp³-hybridized carbons (Fsp3) is 0.750. The topological polar surface area (TPSA) is 76.1 Å². The number of hydrogen-bond acceptors (Lipinski definition) is 5. The van der Waals surface area contributed by atoms with Crippen molar-refractivity contribution in [1.82, 2.24) is 26.4 Å². The number of thiocarbonyl (C=S) groups is 2. The highest BCUT2D eigenvalue weighted by Crippen LogP contribution is 1.88. The van der Waals surface area contributed by atoms with Crippen molar-refractivity contribution in [3.8, 4) is 0 Å². The van der Waals surface area contributed by atoms with Gasteiger partial charge in [0, 0.05) is 19.6 Å². The molecular weight excluding hydrogens is 354 g/mol. The minimum atomic E-state index is 0.501. The Kier molecular flexibility index (Phi) is 13.2. The van der Waals surface area contributed by atoms with Gasteiger partial charge in [0.25, 0.3) is 0 Å². The van der Waals surface area contributed by atoms with Crippen LogP contribution in [0.25, 0.3) is 0 Å². The van der Waals surface area contributed by atoms with Crippen LogP contribution in [0.3, 0.4) is 0 Å². The molecule has 0 atom stereocenters. The van der Waals surface area contributed by atoms with Crippen molar-refractivity contribution in [3.63, 3.8) is 0 Å². The summed E-state index contributed by atoms with van der Waals surface area (Å²) >= 11 is 10.4. The molecule has 0 heterocycles. The number of nitrogens with zero attached hydrogens (tertiary/aromatic N) is 3. The van der Waals surface area contributed by atoms with E-state index in [1.807, 2.05) is 13.8 Å². The summed E-state index contributed by atoms with van der Waals surface area (Å²) in [6.07, 6.45) is 0. The van der Waals surface area contributed by atoms with Gasteiger partial charge in [0.1, 0.15) is 0 Å². The number of hydrogen-bond donors (Lipinski definition) is 4. The van der Waals surface area contributed by atoms with Crippen molar-refractivity contribution in [2.45, 2.75) is 41.5 Å². The van der Waals surface area contributed by atoms with E-state index >= 15 is 0 Å². The Morgan fingerprint density at radius 2 is 1.40 bits per heavy atom. The highest BCUT2D eigenvalue weighted by Gasteiger charge is 2.02. The van der Waals surface area contributed by atoms with E-state index in [0.717, 1.165) is 44.1 Å². The molecule has 7 nitrogen and oxygen atoms in total. The van der Waals surface area contributed by atoms with Gasteiger partial charge >= 0.3 is 0 Å². The Hall–Kier alpha value is -1.32. The van der Waals surface area contributed by atoms with E-state index in [1.165, 1.54) is 0 Å². The van der Waals surface area contributed by atoms with Gasteiger partial charge in [-0.3, -0.25) is 10.9 Å². The van der Waals surface area contributed by atoms with Crippen molar-refractivity contribution in [1.29, 1.82) is 0 Å². The maximum atomic E-state index is 5.21. The Morgan fingerprint density at radius 1 is 0.920 bits per heavy atom. The monoisotopic (exact) mass is 387 g/mol. The van der Waals surface area contributed by atoms with Gasteiger partial charge in [0.05, 0.1) is 11.4 Å². The van der Waals surface area contributed by atoms with Crippen LogP contribution >= 0.6 is 24.4 Å². The molecule has 0 bridgehead atoms. The molecule has 9 heteroatoms. The van der Waals surface area contributed by atoms with Gasteiger partial charge in [-0.25, -0.2) is 0 Å². The van der Waals surface area contributed by atoms with Crippen LogP contribution in [0.1, 0.15) is 41.5 Å². The summed E-state index contributed by atoms with van der Waals surface area (Å²) in [7, 11) is 0. The summed E-state index contributed by atoms with van der Waals surface area (Å²) < 4.78 is 0. The van der Waals surface area contributed by atoms with E-state index in [0.29, 0.717) is 16.1 Å². The minimum Gasteiger partial charge on any atom is -0.361 e. The first kappa shape index (κ1) is 23.7. The summed E-state index contributed by atoms with van der Waals surface area (Å²) in [5, 5.41) is 15.7. The van der Waals surface area contributed by atoms with Crippen LogP contribution < -0.4 is 21.5 Å². The highest BCUT2D eigenvalue weighted by molar-refractivity contribution is 7.80. The minimum absolute atomic E-state index is 0.501. The normalized spacial score (nSPS) is 12.3. The van der Waals surface area contributed by atoms with Gasteiger partial charge < -0.3 is 15.5 Å². The van der Waals surface area contributed by atoms with Crippen LogP contribution in [0.5, 0.6) is 0 Å². The second-order valence-electron chi connectivity index (χ2n) is 6.00. The lowest BCUT2D eigenvalue weighted by molar-refractivity contribution is 0.308. The second kappa shape index (κ2) is 13.9. The molecule has 0 aromatic heterocycles. The Bertz CT molecular complexity index is 471. The largest absolute Gasteiger partial charge is 0.361 e. The van der Waals surface area contributed by atoms with E-state index < -0.39 is 0 Å². The first-order chi connectivity index (χ1) is 11.8. The maximum Gasteiger partial charge on any atom is 0.187 e. The third-order valence-electron chi connectivity index (χ3n) is 3.45. The van der Waals surface area contributed by atoms with Crippen molar-refractivity contribution < 1.29 is 0 Å².